The highest BCUT2D eigenvalue weighted by Gasteiger charge is 2.35. The van der Waals surface area contributed by atoms with E-state index in [0.717, 1.165) is 34.6 Å². The number of rotatable bonds is 1. The second-order valence-corrected chi connectivity index (χ2v) is 5.69. The van der Waals surface area contributed by atoms with Crippen LogP contribution in [0.15, 0.2) is 12.1 Å². The molecule has 2 aromatic heterocycles. The van der Waals surface area contributed by atoms with Crippen LogP contribution in [0.3, 0.4) is 0 Å². The van der Waals surface area contributed by atoms with Crippen LogP contribution in [0.1, 0.15) is 24.1 Å². The van der Waals surface area contributed by atoms with Gasteiger partial charge in [0, 0.05) is 18.5 Å². The molecule has 0 unspecified atom stereocenters. The number of aromatic nitrogens is 2. The van der Waals surface area contributed by atoms with Gasteiger partial charge in [0.25, 0.3) is 5.82 Å². The number of quaternary nitrogens is 1. The summed E-state index contributed by atoms with van der Waals surface area (Å²) in [4.78, 5) is 0. The van der Waals surface area contributed by atoms with Crippen LogP contribution in [0, 0.1) is 13.8 Å². The molecule has 0 spiro atoms. The van der Waals surface area contributed by atoms with E-state index in [9.17, 15) is 0 Å². The minimum absolute atomic E-state index is 0.850. The Morgan fingerprint density at radius 3 is 2.56 bits per heavy atom. The van der Waals surface area contributed by atoms with E-state index < -0.39 is 0 Å². The summed E-state index contributed by atoms with van der Waals surface area (Å²) in [5, 5.41) is 4.79. The van der Waals surface area contributed by atoms with Crippen molar-refractivity contribution in [2.24, 2.45) is 0 Å². The zero-order chi connectivity index (χ0) is 12.9. The van der Waals surface area contributed by atoms with Crippen LogP contribution in [0.25, 0.3) is 5.52 Å². The summed E-state index contributed by atoms with van der Waals surface area (Å²) in [6.07, 6.45) is 2.53. The van der Waals surface area contributed by atoms with Gasteiger partial charge in [-0.05, 0) is 25.5 Å². The number of fused-ring (bicyclic) bond motifs is 1. The van der Waals surface area contributed by atoms with E-state index in [1.165, 1.54) is 24.1 Å². The lowest BCUT2D eigenvalue weighted by Gasteiger charge is -2.25. The van der Waals surface area contributed by atoms with E-state index in [0.29, 0.717) is 0 Å². The first kappa shape index (κ1) is 11.5. The molecular formula is C14H21N4+. The zero-order valence-corrected chi connectivity index (χ0v) is 11.4. The second kappa shape index (κ2) is 3.72. The zero-order valence-electron chi connectivity index (χ0n) is 11.4. The van der Waals surface area contributed by atoms with Gasteiger partial charge < -0.3 is 5.73 Å². The van der Waals surface area contributed by atoms with Crippen molar-refractivity contribution in [1.82, 2.24) is 14.1 Å². The van der Waals surface area contributed by atoms with Gasteiger partial charge in [0.2, 0.25) is 0 Å². The number of hydrogen-bond acceptors (Lipinski definition) is 2. The molecule has 1 fully saturated rings. The van der Waals surface area contributed by atoms with Crippen molar-refractivity contribution in [1.29, 1.82) is 0 Å². The molecule has 2 aromatic rings. The average molecular weight is 245 g/mol. The Bertz CT molecular complexity index is 606. The normalized spacial score (nSPS) is 18.6. The predicted molar refractivity (Wildman–Crippen MR) is 75.8 cm³/mol. The molecule has 1 aliphatic rings. The molecule has 1 saturated heterocycles. The number of nitrogens with zero attached hydrogens (tertiary/aromatic N) is 3. The predicted octanol–water partition coefficient (Wildman–Crippen LogP) is 2.26. The van der Waals surface area contributed by atoms with Crippen molar-refractivity contribution in [2.45, 2.75) is 26.7 Å². The molecule has 3 rings (SSSR count). The van der Waals surface area contributed by atoms with E-state index >= 15 is 0 Å². The van der Waals surface area contributed by atoms with Gasteiger partial charge in [0.15, 0.2) is 0 Å². The standard InChI is InChI=1S/C14H21N4/c1-10-6-7-12-13(15)14(16-17(12)11(10)2)18(3)8-4-5-9-18/h6-7H,4-5,8-9,15H2,1-3H3/q+1. The minimum atomic E-state index is 0.850. The molecule has 0 saturated carbocycles. The van der Waals surface area contributed by atoms with Gasteiger partial charge in [-0.15, -0.1) is 5.10 Å². The molecular weight excluding hydrogens is 224 g/mol. The van der Waals surface area contributed by atoms with Gasteiger partial charge in [-0.2, -0.15) is 0 Å². The van der Waals surface area contributed by atoms with Gasteiger partial charge in [0.1, 0.15) is 5.69 Å². The maximum atomic E-state index is 6.32. The molecule has 4 heteroatoms. The number of hydrogen-bond donors (Lipinski definition) is 1. The second-order valence-electron chi connectivity index (χ2n) is 5.69. The van der Waals surface area contributed by atoms with Crippen molar-refractivity contribution < 1.29 is 0 Å². The molecule has 0 bridgehead atoms. The molecule has 1 aliphatic heterocycles. The van der Waals surface area contributed by atoms with Gasteiger partial charge in [-0.25, -0.2) is 4.52 Å². The summed E-state index contributed by atoms with van der Waals surface area (Å²) in [5.74, 6) is 1.04. The Morgan fingerprint density at radius 1 is 1.22 bits per heavy atom. The summed E-state index contributed by atoms with van der Waals surface area (Å²) >= 11 is 0. The van der Waals surface area contributed by atoms with Crippen molar-refractivity contribution in [2.75, 3.05) is 25.9 Å². The average Bonchev–Trinajstić information content (AvgIpc) is 2.90. The highest BCUT2D eigenvalue weighted by atomic mass is 15.4. The number of likely N-dealkylation sites (tertiary alicyclic amines) is 1. The first-order valence-corrected chi connectivity index (χ1v) is 6.62. The van der Waals surface area contributed by atoms with Crippen molar-refractivity contribution in [3.63, 3.8) is 0 Å². The third-order valence-corrected chi connectivity index (χ3v) is 4.38. The van der Waals surface area contributed by atoms with Crippen molar-refractivity contribution >= 4 is 17.0 Å². The van der Waals surface area contributed by atoms with Crippen LogP contribution in [-0.2, 0) is 0 Å². The quantitative estimate of drug-likeness (QED) is 0.783. The molecule has 0 atom stereocenters. The molecule has 96 valence electrons. The topological polar surface area (TPSA) is 43.3 Å². The smallest absolute Gasteiger partial charge is 0.270 e. The van der Waals surface area contributed by atoms with E-state index in [1.807, 2.05) is 4.52 Å². The Morgan fingerprint density at radius 2 is 1.89 bits per heavy atom. The monoisotopic (exact) mass is 245 g/mol. The molecule has 2 N–H and O–H groups in total. The Kier molecular flexibility index (Phi) is 2.38. The van der Waals surface area contributed by atoms with E-state index in [-0.39, 0.29) is 0 Å². The third kappa shape index (κ3) is 1.45. The first-order chi connectivity index (χ1) is 8.53. The Balaban J connectivity index is 2.26. The van der Waals surface area contributed by atoms with E-state index in [1.54, 1.807) is 0 Å². The lowest BCUT2D eigenvalue weighted by molar-refractivity contribution is 0.395. The fraction of sp³-hybridized carbons (Fsp3) is 0.500. The Hall–Kier alpha value is -1.55. The summed E-state index contributed by atoms with van der Waals surface area (Å²) in [6, 6.07) is 4.20. The SMILES string of the molecule is Cc1ccc2c(N)c([N+]3(C)CCCC3)nn2c1C. The number of nitrogen functional groups attached to an aromatic ring is 1. The highest BCUT2D eigenvalue weighted by Crippen LogP contribution is 2.34. The maximum absolute atomic E-state index is 6.32. The summed E-state index contributed by atoms with van der Waals surface area (Å²) < 4.78 is 2.88. The fourth-order valence-corrected chi connectivity index (χ4v) is 2.98. The van der Waals surface area contributed by atoms with Crippen LogP contribution >= 0.6 is 0 Å². The molecule has 0 amide bonds. The lowest BCUT2D eigenvalue weighted by atomic mass is 10.2. The largest absolute Gasteiger partial charge is 0.391 e. The first-order valence-electron chi connectivity index (χ1n) is 6.62. The van der Waals surface area contributed by atoms with E-state index in [2.05, 4.69) is 33.0 Å². The van der Waals surface area contributed by atoms with E-state index in [4.69, 9.17) is 10.8 Å². The van der Waals surface area contributed by atoms with Crippen LogP contribution in [0.5, 0.6) is 0 Å². The molecule has 0 aromatic carbocycles. The van der Waals surface area contributed by atoms with Gasteiger partial charge in [-0.1, -0.05) is 6.07 Å². The van der Waals surface area contributed by atoms with Crippen LogP contribution in [0.2, 0.25) is 0 Å². The highest BCUT2D eigenvalue weighted by molar-refractivity contribution is 5.80. The number of anilines is 1. The molecule has 0 aliphatic carbocycles. The van der Waals surface area contributed by atoms with Crippen LogP contribution in [-0.4, -0.2) is 29.8 Å². The van der Waals surface area contributed by atoms with Gasteiger partial charge in [0.05, 0.1) is 25.7 Å². The summed E-state index contributed by atoms with van der Waals surface area (Å²) in [5.41, 5.74) is 10.6. The minimum Gasteiger partial charge on any atom is -0.391 e. The summed E-state index contributed by atoms with van der Waals surface area (Å²) in [6.45, 7) is 6.50. The van der Waals surface area contributed by atoms with Crippen molar-refractivity contribution in [3.8, 4) is 0 Å². The third-order valence-electron chi connectivity index (χ3n) is 4.38. The maximum Gasteiger partial charge on any atom is 0.270 e. The van der Waals surface area contributed by atoms with Gasteiger partial charge >= 0.3 is 0 Å². The molecule has 0 radical (unpaired) electrons. The van der Waals surface area contributed by atoms with Crippen LogP contribution in [0.4, 0.5) is 11.5 Å². The molecule has 4 nitrogen and oxygen atoms in total. The van der Waals surface area contributed by atoms with Crippen molar-refractivity contribution in [3.05, 3.63) is 23.4 Å². The van der Waals surface area contributed by atoms with Gasteiger partial charge in [-0.3, -0.25) is 4.48 Å². The lowest BCUT2D eigenvalue weighted by Crippen LogP contribution is -2.42. The molecule has 3 heterocycles. The number of nitrogens with two attached hydrogens (primary N) is 1. The summed E-state index contributed by atoms with van der Waals surface area (Å²) in [7, 11) is 2.24. The molecule has 18 heavy (non-hydrogen) atoms. The number of pyridine rings is 1. The number of aryl methyl sites for hydroxylation is 2. The Labute approximate surface area is 108 Å². The van der Waals surface area contributed by atoms with Crippen LogP contribution < -0.4 is 10.2 Å². The fourth-order valence-electron chi connectivity index (χ4n) is 2.98.